The highest BCUT2D eigenvalue weighted by Gasteiger charge is 2.30. The van der Waals surface area contributed by atoms with Gasteiger partial charge in [0.1, 0.15) is 0 Å². The summed E-state index contributed by atoms with van der Waals surface area (Å²) in [6.07, 6.45) is 5.38. The monoisotopic (exact) mass is 304 g/mol. The molecule has 1 aromatic carbocycles. The van der Waals surface area contributed by atoms with Gasteiger partial charge in [-0.1, -0.05) is 50.1 Å². The summed E-state index contributed by atoms with van der Waals surface area (Å²) < 4.78 is 0. The summed E-state index contributed by atoms with van der Waals surface area (Å²) >= 11 is 0. The number of likely N-dealkylation sites (tertiary alicyclic amines) is 1. The normalized spacial score (nSPS) is 18.5. The molecule has 1 fully saturated rings. The number of carbonyl (C=O) groups is 1. The minimum Gasteiger partial charge on any atom is -0.394 e. The van der Waals surface area contributed by atoms with Gasteiger partial charge in [0.25, 0.3) is 0 Å². The number of carbonyl (C=O) groups excluding carboxylic acids is 1. The maximum Gasteiger partial charge on any atom is 0.236 e. The van der Waals surface area contributed by atoms with Gasteiger partial charge >= 0.3 is 0 Å². The summed E-state index contributed by atoms with van der Waals surface area (Å²) in [5.41, 5.74) is 0.492. The molecule has 1 saturated heterocycles. The van der Waals surface area contributed by atoms with Crippen LogP contribution in [0.25, 0.3) is 0 Å². The maximum atomic E-state index is 12.4. The molecule has 22 heavy (non-hydrogen) atoms. The highest BCUT2D eigenvalue weighted by atomic mass is 16.3. The zero-order chi connectivity index (χ0) is 15.8. The Morgan fingerprint density at radius 2 is 1.82 bits per heavy atom. The first kappa shape index (κ1) is 17.0. The molecule has 1 aliphatic heterocycles. The second-order valence-corrected chi connectivity index (χ2v) is 6.11. The van der Waals surface area contributed by atoms with Crippen LogP contribution in [-0.2, 0) is 10.3 Å². The standard InChI is InChI=1S/C18H28N2O2/c1-2-18(15-21,16-10-6-5-7-11-16)19-14-17(22)20-12-8-3-4-9-13-20/h5-7,10-11,19,21H,2-4,8-9,12-15H2,1H3/t18-/m1/s1. The Morgan fingerprint density at radius 3 is 2.36 bits per heavy atom. The molecule has 2 N–H and O–H groups in total. The Morgan fingerprint density at radius 1 is 1.18 bits per heavy atom. The Bertz CT molecular complexity index is 449. The van der Waals surface area contributed by atoms with Crippen molar-refractivity contribution in [2.24, 2.45) is 0 Å². The van der Waals surface area contributed by atoms with Crippen LogP contribution in [0.15, 0.2) is 30.3 Å². The molecular formula is C18H28N2O2. The van der Waals surface area contributed by atoms with Crippen molar-refractivity contribution in [3.63, 3.8) is 0 Å². The maximum absolute atomic E-state index is 12.4. The number of nitrogens with zero attached hydrogens (tertiary/aromatic N) is 1. The zero-order valence-electron chi connectivity index (χ0n) is 13.6. The molecule has 1 amide bonds. The third kappa shape index (κ3) is 4.08. The van der Waals surface area contributed by atoms with E-state index < -0.39 is 5.54 Å². The molecule has 0 bridgehead atoms. The Hall–Kier alpha value is -1.39. The quantitative estimate of drug-likeness (QED) is 0.848. The van der Waals surface area contributed by atoms with Crippen LogP contribution in [0.4, 0.5) is 0 Å². The van der Waals surface area contributed by atoms with E-state index in [9.17, 15) is 9.90 Å². The molecule has 0 aromatic heterocycles. The first-order valence-electron chi connectivity index (χ1n) is 8.41. The molecule has 0 unspecified atom stereocenters. The van der Waals surface area contributed by atoms with Crippen molar-refractivity contribution < 1.29 is 9.90 Å². The fraction of sp³-hybridized carbons (Fsp3) is 0.611. The van der Waals surface area contributed by atoms with Gasteiger partial charge in [0, 0.05) is 13.1 Å². The molecule has 0 saturated carbocycles. The molecule has 1 aromatic rings. The molecule has 1 heterocycles. The van der Waals surface area contributed by atoms with Crippen LogP contribution in [0, 0.1) is 0 Å². The number of aliphatic hydroxyl groups excluding tert-OH is 1. The molecule has 0 aliphatic carbocycles. The topological polar surface area (TPSA) is 52.6 Å². The number of rotatable bonds is 6. The van der Waals surface area contributed by atoms with Crippen LogP contribution in [-0.4, -0.2) is 42.2 Å². The van der Waals surface area contributed by atoms with Gasteiger partial charge in [-0.15, -0.1) is 0 Å². The molecule has 4 nitrogen and oxygen atoms in total. The molecule has 4 heteroatoms. The number of amides is 1. The van der Waals surface area contributed by atoms with Crippen molar-refractivity contribution in [3.05, 3.63) is 35.9 Å². The SMILES string of the molecule is CC[C@](CO)(NCC(=O)N1CCCCCC1)c1ccccc1. The minimum absolute atomic E-state index is 0.0131. The first-order chi connectivity index (χ1) is 10.7. The average Bonchev–Trinajstić information content (AvgIpc) is 2.86. The molecular weight excluding hydrogens is 276 g/mol. The largest absolute Gasteiger partial charge is 0.394 e. The predicted molar refractivity (Wildman–Crippen MR) is 88.5 cm³/mol. The summed E-state index contributed by atoms with van der Waals surface area (Å²) in [4.78, 5) is 14.4. The lowest BCUT2D eigenvalue weighted by atomic mass is 9.88. The highest BCUT2D eigenvalue weighted by Crippen LogP contribution is 2.24. The number of nitrogens with one attached hydrogen (secondary N) is 1. The molecule has 2 rings (SSSR count). The van der Waals surface area contributed by atoms with Gasteiger partial charge < -0.3 is 10.0 Å². The molecule has 1 aliphatic rings. The van der Waals surface area contributed by atoms with Gasteiger partial charge in [-0.2, -0.15) is 0 Å². The van der Waals surface area contributed by atoms with E-state index >= 15 is 0 Å². The third-order valence-electron chi connectivity index (χ3n) is 4.74. The van der Waals surface area contributed by atoms with Crippen LogP contribution < -0.4 is 5.32 Å². The summed E-state index contributed by atoms with van der Waals surface area (Å²) in [7, 11) is 0. The summed E-state index contributed by atoms with van der Waals surface area (Å²) in [6.45, 7) is 4.03. The van der Waals surface area contributed by atoms with Crippen molar-refractivity contribution >= 4 is 5.91 Å². The third-order valence-corrected chi connectivity index (χ3v) is 4.74. The van der Waals surface area contributed by atoms with Crippen LogP contribution >= 0.6 is 0 Å². The van der Waals surface area contributed by atoms with Gasteiger partial charge in [0.2, 0.25) is 5.91 Å². The number of hydrogen-bond acceptors (Lipinski definition) is 3. The van der Waals surface area contributed by atoms with Crippen LogP contribution in [0.5, 0.6) is 0 Å². The van der Waals surface area contributed by atoms with Gasteiger partial charge in [-0.3, -0.25) is 10.1 Å². The van der Waals surface area contributed by atoms with Crippen LogP contribution in [0.3, 0.4) is 0 Å². The molecule has 1 atom stereocenters. The summed E-state index contributed by atoms with van der Waals surface area (Å²) in [5, 5.41) is 13.2. The van der Waals surface area contributed by atoms with E-state index in [0.29, 0.717) is 0 Å². The molecule has 0 spiro atoms. The smallest absolute Gasteiger partial charge is 0.236 e. The second kappa shape index (κ2) is 8.30. The van der Waals surface area contributed by atoms with E-state index in [1.807, 2.05) is 42.2 Å². The average molecular weight is 304 g/mol. The number of benzene rings is 1. The Labute approximate surface area is 133 Å². The summed E-state index contributed by atoms with van der Waals surface area (Å²) in [5.74, 6) is 0.143. The lowest BCUT2D eigenvalue weighted by Crippen LogP contribution is -2.50. The highest BCUT2D eigenvalue weighted by molar-refractivity contribution is 5.78. The van der Waals surface area contributed by atoms with E-state index in [1.54, 1.807) is 0 Å². The first-order valence-corrected chi connectivity index (χ1v) is 8.41. The fourth-order valence-corrected chi connectivity index (χ4v) is 3.12. The van der Waals surface area contributed by atoms with Crippen molar-refractivity contribution in [1.29, 1.82) is 0 Å². The number of hydrogen-bond donors (Lipinski definition) is 2. The molecule has 0 radical (unpaired) electrons. The van der Waals surface area contributed by atoms with Crippen molar-refractivity contribution in [1.82, 2.24) is 10.2 Å². The van der Waals surface area contributed by atoms with Crippen molar-refractivity contribution in [2.75, 3.05) is 26.2 Å². The van der Waals surface area contributed by atoms with Crippen LogP contribution in [0.2, 0.25) is 0 Å². The van der Waals surface area contributed by atoms with E-state index in [1.165, 1.54) is 12.8 Å². The fourth-order valence-electron chi connectivity index (χ4n) is 3.12. The minimum atomic E-state index is -0.539. The van der Waals surface area contributed by atoms with Crippen molar-refractivity contribution in [3.8, 4) is 0 Å². The zero-order valence-corrected chi connectivity index (χ0v) is 13.6. The van der Waals surface area contributed by atoms with E-state index in [0.717, 1.165) is 37.9 Å². The van der Waals surface area contributed by atoms with E-state index in [4.69, 9.17) is 0 Å². The van der Waals surface area contributed by atoms with Crippen LogP contribution in [0.1, 0.15) is 44.6 Å². The predicted octanol–water partition coefficient (Wildman–Crippen LogP) is 2.28. The lowest BCUT2D eigenvalue weighted by Gasteiger charge is -2.33. The lowest BCUT2D eigenvalue weighted by molar-refractivity contribution is -0.130. The Kier molecular flexibility index (Phi) is 6.40. The second-order valence-electron chi connectivity index (χ2n) is 6.11. The van der Waals surface area contributed by atoms with Crippen molar-refractivity contribution in [2.45, 2.75) is 44.6 Å². The van der Waals surface area contributed by atoms with Gasteiger partial charge in [0.15, 0.2) is 0 Å². The van der Waals surface area contributed by atoms with E-state index in [-0.39, 0.29) is 19.1 Å². The van der Waals surface area contributed by atoms with Gasteiger partial charge in [-0.25, -0.2) is 0 Å². The summed E-state index contributed by atoms with van der Waals surface area (Å²) in [6, 6.07) is 9.90. The Balaban J connectivity index is 2.01. The van der Waals surface area contributed by atoms with Gasteiger partial charge in [-0.05, 0) is 24.8 Å². The number of aliphatic hydroxyl groups is 1. The molecule has 122 valence electrons. The van der Waals surface area contributed by atoms with Gasteiger partial charge in [0.05, 0.1) is 18.7 Å². The van der Waals surface area contributed by atoms with E-state index in [2.05, 4.69) is 5.32 Å².